The highest BCUT2D eigenvalue weighted by Crippen LogP contribution is 2.56. The van der Waals surface area contributed by atoms with E-state index in [0.29, 0.717) is 0 Å². The fraction of sp³-hybridized carbons (Fsp3) is 0.0526. The summed E-state index contributed by atoms with van der Waals surface area (Å²) in [6, 6.07) is 69.9. The Morgan fingerprint density at radius 3 is 2.00 bits per heavy atom. The van der Waals surface area contributed by atoms with Crippen molar-refractivity contribution in [1.29, 1.82) is 0 Å². The van der Waals surface area contributed by atoms with E-state index in [-0.39, 0.29) is 5.41 Å². The van der Waals surface area contributed by atoms with E-state index in [2.05, 4.69) is 205 Å². The van der Waals surface area contributed by atoms with Crippen molar-refractivity contribution < 1.29 is 8.83 Å². The Morgan fingerprint density at radius 2 is 1.13 bits per heavy atom. The molecule has 3 aromatic heterocycles. The van der Waals surface area contributed by atoms with E-state index in [4.69, 9.17) is 8.83 Å². The van der Waals surface area contributed by atoms with Crippen LogP contribution in [0.5, 0.6) is 0 Å². The van der Waals surface area contributed by atoms with Gasteiger partial charge in [0.25, 0.3) is 0 Å². The zero-order chi connectivity index (χ0) is 40.4. The Morgan fingerprint density at radius 1 is 0.443 bits per heavy atom. The Hall–Kier alpha value is -7.82. The van der Waals surface area contributed by atoms with Gasteiger partial charge >= 0.3 is 0 Å². The van der Waals surface area contributed by atoms with Crippen LogP contribution in [0.15, 0.2) is 203 Å². The lowest BCUT2D eigenvalue weighted by Gasteiger charge is -2.29. The van der Waals surface area contributed by atoms with Crippen LogP contribution in [0.2, 0.25) is 0 Å². The third kappa shape index (κ3) is 4.82. The van der Waals surface area contributed by atoms with Crippen molar-refractivity contribution in [3.05, 3.63) is 205 Å². The molecular formula is C57H38N2O2. The minimum absolute atomic E-state index is 0.165. The number of furan rings is 2. The normalized spacial score (nSPS) is 13.2. The lowest BCUT2D eigenvalue weighted by molar-refractivity contribution is 0.660. The van der Waals surface area contributed by atoms with Crippen molar-refractivity contribution in [1.82, 2.24) is 4.57 Å². The van der Waals surface area contributed by atoms with Crippen molar-refractivity contribution in [3.8, 4) is 27.9 Å². The number of para-hydroxylation sites is 4. The van der Waals surface area contributed by atoms with E-state index < -0.39 is 0 Å². The van der Waals surface area contributed by atoms with Gasteiger partial charge in [-0.2, -0.15) is 0 Å². The van der Waals surface area contributed by atoms with Crippen molar-refractivity contribution in [2.24, 2.45) is 0 Å². The van der Waals surface area contributed by atoms with E-state index in [0.717, 1.165) is 77.8 Å². The summed E-state index contributed by atoms with van der Waals surface area (Å²) < 4.78 is 15.8. The fourth-order valence-corrected chi connectivity index (χ4v) is 10.4. The maximum Gasteiger partial charge on any atom is 0.145 e. The summed E-state index contributed by atoms with van der Waals surface area (Å²) >= 11 is 0. The highest BCUT2D eigenvalue weighted by Gasteiger charge is 2.38. The zero-order valence-corrected chi connectivity index (χ0v) is 33.7. The molecule has 1 aliphatic rings. The molecule has 9 aromatic carbocycles. The van der Waals surface area contributed by atoms with Gasteiger partial charge in [0.2, 0.25) is 0 Å². The molecule has 4 heteroatoms. The topological polar surface area (TPSA) is 34.5 Å². The number of benzene rings is 9. The van der Waals surface area contributed by atoms with Crippen LogP contribution in [-0.4, -0.2) is 4.57 Å². The highest BCUT2D eigenvalue weighted by atomic mass is 16.3. The van der Waals surface area contributed by atoms with Crippen LogP contribution in [0.1, 0.15) is 25.0 Å². The molecule has 4 nitrogen and oxygen atoms in total. The largest absolute Gasteiger partial charge is 0.456 e. The summed E-state index contributed by atoms with van der Waals surface area (Å²) in [6.07, 6.45) is 0. The van der Waals surface area contributed by atoms with Crippen LogP contribution in [0.3, 0.4) is 0 Å². The molecule has 0 saturated carbocycles. The summed E-state index contributed by atoms with van der Waals surface area (Å²) in [7, 11) is 0. The molecule has 0 N–H and O–H groups in total. The summed E-state index contributed by atoms with van der Waals surface area (Å²) in [5, 5.41) is 6.75. The van der Waals surface area contributed by atoms with Gasteiger partial charge in [-0.1, -0.05) is 129 Å². The summed E-state index contributed by atoms with van der Waals surface area (Å²) in [4.78, 5) is 2.46. The maximum atomic E-state index is 7.03. The number of hydrogen-bond donors (Lipinski definition) is 0. The Kier molecular flexibility index (Phi) is 7.04. The molecule has 0 saturated heterocycles. The van der Waals surface area contributed by atoms with Gasteiger partial charge in [-0.3, -0.25) is 0 Å². The molecule has 0 spiro atoms. The molecular weight excluding hydrogens is 745 g/mol. The Labute approximate surface area is 352 Å². The van der Waals surface area contributed by atoms with E-state index in [1.165, 1.54) is 44.1 Å². The number of rotatable bonds is 5. The number of nitrogens with zero attached hydrogens (tertiary/aromatic N) is 2. The van der Waals surface area contributed by atoms with Gasteiger partial charge in [0, 0.05) is 54.8 Å². The molecule has 0 amide bonds. The summed E-state index contributed by atoms with van der Waals surface area (Å²) in [6.45, 7) is 4.69. The van der Waals surface area contributed by atoms with Crippen molar-refractivity contribution in [2.75, 3.05) is 4.90 Å². The third-order valence-corrected chi connectivity index (χ3v) is 13.2. The molecule has 61 heavy (non-hydrogen) atoms. The fourth-order valence-electron chi connectivity index (χ4n) is 10.4. The SMILES string of the molecule is CC1(C)c2ccccc2-c2c(N(c3ccc4oc5ccccc5c4c3)c3ccc(-c4ccc5c(c4)c4ccccc4n5-c4ccccc4)c4oc5ccccc5c34)cccc21. The third-order valence-electron chi connectivity index (χ3n) is 13.2. The quantitative estimate of drug-likeness (QED) is 0.174. The van der Waals surface area contributed by atoms with Crippen molar-refractivity contribution in [3.63, 3.8) is 0 Å². The highest BCUT2D eigenvalue weighted by molar-refractivity contribution is 6.19. The van der Waals surface area contributed by atoms with Crippen molar-refractivity contribution >= 4 is 82.7 Å². The first-order chi connectivity index (χ1) is 30.0. The van der Waals surface area contributed by atoms with Gasteiger partial charge in [0.1, 0.15) is 22.3 Å². The first-order valence-corrected chi connectivity index (χ1v) is 21.0. The average Bonchev–Trinajstić information content (AvgIpc) is 4.04. The first kappa shape index (κ1) is 34.1. The van der Waals surface area contributed by atoms with E-state index >= 15 is 0 Å². The zero-order valence-electron chi connectivity index (χ0n) is 33.7. The predicted octanol–water partition coefficient (Wildman–Crippen LogP) is 16.0. The number of aromatic nitrogens is 1. The smallest absolute Gasteiger partial charge is 0.145 e. The average molecular weight is 783 g/mol. The van der Waals surface area contributed by atoms with Gasteiger partial charge in [0.05, 0.1) is 27.8 Å². The molecule has 288 valence electrons. The van der Waals surface area contributed by atoms with Gasteiger partial charge in [0.15, 0.2) is 0 Å². The van der Waals surface area contributed by atoms with E-state index in [9.17, 15) is 0 Å². The minimum atomic E-state index is -0.165. The molecule has 0 bridgehead atoms. The van der Waals surface area contributed by atoms with Gasteiger partial charge in [-0.25, -0.2) is 0 Å². The van der Waals surface area contributed by atoms with Gasteiger partial charge < -0.3 is 18.3 Å². The maximum absolute atomic E-state index is 7.03. The molecule has 0 atom stereocenters. The molecule has 0 unspecified atom stereocenters. The molecule has 12 aromatic rings. The number of fused-ring (bicyclic) bond motifs is 12. The van der Waals surface area contributed by atoms with Crippen LogP contribution in [0, 0.1) is 0 Å². The van der Waals surface area contributed by atoms with E-state index in [1.54, 1.807) is 0 Å². The predicted molar refractivity (Wildman–Crippen MR) is 253 cm³/mol. The number of hydrogen-bond acceptors (Lipinski definition) is 3. The van der Waals surface area contributed by atoms with Crippen LogP contribution >= 0.6 is 0 Å². The van der Waals surface area contributed by atoms with Gasteiger partial charge in [-0.15, -0.1) is 0 Å². The monoisotopic (exact) mass is 782 g/mol. The summed E-state index contributed by atoms with van der Waals surface area (Å²) in [5.41, 5.74) is 17.4. The van der Waals surface area contributed by atoms with E-state index in [1.807, 2.05) is 12.1 Å². The minimum Gasteiger partial charge on any atom is -0.456 e. The molecule has 13 rings (SSSR count). The lowest BCUT2D eigenvalue weighted by Crippen LogP contribution is -2.16. The van der Waals surface area contributed by atoms with Crippen LogP contribution in [0.25, 0.3) is 93.6 Å². The van der Waals surface area contributed by atoms with Gasteiger partial charge in [-0.05, 0) is 101 Å². The standard InChI is InChI=1S/C57H38N2O2/c1-57(2)45-21-10-6-19-41(45)54-46(57)22-14-24-49(54)59(37-28-32-53-44(34-37)40-18-8-12-25-51(40)60-53)50-31-29-38(56-55(50)42-20-9-13-26-52(42)61-56)35-27-30-48-43(33-35)39-17-7-11-23-47(39)58(48)36-15-4-3-5-16-36/h3-34H,1-2H3. The molecule has 0 fully saturated rings. The number of anilines is 3. The van der Waals surface area contributed by atoms with Crippen LogP contribution in [0.4, 0.5) is 17.1 Å². The second-order valence-electron chi connectivity index (χ2n) is 16.8. The first-order valence-electron chi connectivity index (χ1n) is 21.0. The van der Waals surface area contributed by atoms with Crippen LogP contribution < -0.4 is 4.90 Å². The summed E-state index contributed by atoms with van der Waals surface area (Å²) in [5.74, 6) is 0. The second-order valence-corrected chi connectivity index (χ2v) is 16.8. The van der Waals surface area contributed by atoms with Crippen LogP contribution in [-0.2, 0) is 5.41 Å². The van der Waals surface area contributed by atoms with Crippen molar-refractivity contribution in [2.45, 2.75) is 19.3 Å². The molecule has 1 aliphatic carbocycles. The molecule has 0 aliphatic heterocycles. The second kappa shape index (κ2) is 12.6. The lowest BCUT2D eigenvalue weighted by atomic mass is 9.82. The molecule has 3 heterocycles. The Balaban J connectivity index is 1.10. The molecule has 0 radical (unpaired) electrons. The Bertz CT molecular complexity index is 3750.